The summed E-state index contributed by atoms with van der Waals surface area (Å²) >= 11 is 1.31. The SMILES string of the molecule is COc1cc(/C=N\N=C2\NC(=O)CS2)ccc1OCc1ccc(F)cc1. The van der Waals surface area contributed by atoms with Crippen molar-refractivity contribution in [1.29, 1.82) is 0 Å². The minimum Gasteiger partial charge on any atom is -0.493 e. The maximum absolute atomic E-state index is 12.9. The fourth-order valence-electron chi connectivity index (χ4n) is 2.15. The maximum Gasteiger partial charge on any atom is 0.236 e. The van der Waals surface area contributed by atoms with E-state index in [0.717, 1.165) is 11.1 Å². The van der Waals surface area contributed by atoms with Crippen molar-refractivity contribution in [2.24, 2.45) is 10.2 Å². The summed E-state index contributed by atoms with van der Waals surface area (Å²) in [5.74, 6) is 1.12. The van der Waals surface area contributed by atoms with Crippen LogP contribution in [0.1, 0.15) is 11.1 Å². The number of halogens is 1. The molecule has 0 atom stereocenters. The number of thioether (sulfide) groups is 1. The number of hydrogen-bond acceptors (Lipinski definition) is 6. The Balaban J connectivity index is 1.65. The Bertz CT molecular complexity index is 853. The van der Waals surface area contributed by atoms with Gasteiger partial charge in [0.25, 0.3) is 0 Å². The molecule has 3 rings (SSSR count). The lowest BCUT2D eigenvalue weighted by molar-refractivity contribution is -0.116. The van der Waals surface area contributed by atoms with Crippen molar-refractivity contribution >= 4 is 29.1 Å². The van der Waals surface area contributed by atoms with E-state index >= 15 is 0 Å². The molecule has 1 aliphatic heterocycles. The monoisotopic (exact) mass is 373 g/mol. The lowest BCUT2D eigenvalue weighted by Gasteiger charge is -2.11. The summed E-state index contributed by atoms with van der Waals surface area (Å²) < 4.78 is 24.0. The molecule has 134 valence electrons. The Kier molecular flexibility index (Phi) is 5.85. The number of rotatable bonds is 6. The molecule has 0 aliphatic carbocycles. The van der Waals surface area contributed by atoms with Gasteiger partial charge in [-0.1, -0.05) is 23.9 Å². The molecular weight excluding hydrogens is 357 g/mol. The number of hydrogen-bond donors (Lipinski definition) is 1. The average Bonchev–Trinajstić information content (AvgIpc) is 3.07. The number of methoxy groups -OCH3 is 1. The molecule has 1 aliphatic rings. The Morgan fingerprint density at radius 3 is 2.73 bits per heavy atom. The molecule has 0 aromatic heterocycles. The molecule has 1 saturated heterocycles. The van der Waals surface area contributed by atoms with Crippen molar-refractivity contribution in [2.75, 3.05) is 12.9 Å². The molecule has 2 aromatic carbocycles. The van der Waals surface area contributed by atoms with Gasteiger partial charge in [0.1, 0.15) is 12.4 Å². The van der Waals surface area contributed by atoms with Gasteiger partial charge in [0.15, 0.2) is 16.7 Å². The van der Waals surface area contributed by atoms with Crippen molar-refractivity contribution in [2.45, 2.75) is 6.61 Å². The van der Waals surface area contributed by atoms with Crippen molar-refractivity contribution in [3.63, 3.8) is 0 Å². The predicted octanol–water partition coefficient (Wildman–Crippen LogP) is 2.97. The quantitative estimate of drug-likeness (QED) is 0.624. The van der Waals surface area contributed by atoms with Gasteiger partial charge in [-0.2, -0.15) is 5.10 Å². The minimum atomic E-state index is -0.283. The molecule has 8 heteroatoms. The second-order valence-corrected chi connectivity index (χ2v) is 6.28. The zero-order valence-corrected chi connectivity index (χ0v) is 14.8. The van der Waals surface area contributed by atoms with Crippen LogP contribution >= 0.6 is 11.8 Å². The second-order valence-electron chi connectivity index (χ2n) is 5.31. The van der Waals surface area contributed by atoms with Gasteiger partial charge in [-0.15, -0.1) is 5.10 Å². The van der Waals surface area contributed by atoms with Gasteiger partial charge in [0.2, 0.25) is 5.91 Å². The van der Waals surface area contributed by atoms with E-state index in [-0.39, 0.29) is 11.7 Å². The first-order valence-electron chi connectivity index (χ1n) is 7.73. The van der Waals surface area contributed by atoms with Gasteiger partial charge in [-0.05, 0) is 41.5 Å². The van der Waals surface area contributed by atoms with Crippen LogP contribution in [0.25, 0.3) is 0 Å². The van der Waals surface area contributed by atoms with Gasteiger partial charge >= 0.3 is 0 Å². The van der Waals surface area contributed by atoms with Crippen LogP contribution in [0.4, 0.5) is 4.39 Å². The molecule has 0 saturated carbocycles. The van der Waals surface area contributed by atoms with Crippen LogP contribution in [0.2, 0.25) is 0 Å². The predicted molar refractivity (Wildman–Crippen MR) is 99.4 cm³/mol. The number of amides is 1. The standard InChI is InChI=1S/C18H16FN3O3S/c1-24-16-8-13(9-20-22-18-21-17(23)11-26-18)4-7-15(16)25-10-12-2-5-14(19)6-3-12/h2-9H,10-11H2,1H3,(H,21,22,23)/b20-9-. The Morgan fingerprint density at radius 1 is 1.23 bits per heavy atom. The van der Waals surface area contributed by atoms with Gasteiger partial charge < -0.3 is 14.8 Å². The zero-order valence-electron chi connectivity index (χ0n) is 13.9. The lowest BCUT2D eigenvalue weighted by Crippen LogP contribution is -2.19. The molecule has 0 bridgehead atoms. The summed E-state index contributed by atoms with van der Waals surface area (Å²) in [5.41, 5.74) is 1.63. The Labute approximate surface area is 154 Å². The highest BCUT2D eigenvalue weighted by Gasteiger charge is 2.15. The number of benzene rings is 2. The van der Waals surface area contributed by atoms with Crippen LogP contribution in [-0.2, 0) is 11.4 Å². The third-order valence-electron chi connectivity index (χ3n) is 3.44. The average molecular weight is 373 g/mol. The highest BCUT2D eigenvalue weighted by Crippen LogP contribution is 2.28. The van der Waals surface area contributed by atoms with Crippen LogP contribution in [-0.4, -0.2) is 30.2 Å². The number of carbonyl (C=O) groups excluding carboxylic acids is 1. The molecule has 0 radical (unpaired) electrons. The zero-order chi connectivity index (χ0) is 18.4. The summed E-state index contributed by atoms with van der Waals surface area (Å²) in [7, 11) is 1.55. The van der Waals surface area contributed by atoms with Crippen molar-refractivity contribution in [3.8, 4) is 11.5 Å². The summed E-state index contributed by atoms with van der Waals surface area (Å²) in [4.78, 5) is 11.1. The van der Waals surface area contributed by atoms with E-state index in [0.29, 0.717) is 29.0 Å². The van der Waals surface area contributed by atoms with Gasteiger partial charge in [-0.25, -0.2) is 4.39 Å². The first kappa shape index (κ1) is 17.9. The largest absolute Gasteiger partial charge is 0.493 e. The number of nitrogens with one attached hydrogen (secondary N) is 1. The van der Waals surface area contributed by atoms with Crippen LogP contribution in [0.5, 0.6) is 11.5 Å². The second kappa shape index (κ2) is 8.48. The van der Waals surface area contributed by atoms with E-state index in [2.05, 4.69) is 15.5 Å². The molecule has 1 amide bonds. The normalized spacial score (nSPS) is 15.5. The highest BCUT2D eigenvalue weighted by atomic mass is 32.2. The van der Waals surface area contributed by atoms with E-state index in [1.54, 1.807) is 37.6 Å². The molecule has 2 aromatic rings. The summed E-state index contributed by atoms with van der Waals surface area (Å²) in [6, 6.07) is 11.5. The number of carbonyl (C=O) groups is 1. The van der Waals surface area contributed by atoms with Crippen molar-refractivity contribution < 1.29 is 18.7 Å². The fraction of sp³-hybridized carbons (Fsp3) is 0.167. The molecule has 0 unspecified atom stereocenters. The highest BCUT2D eigenvalue weighted by molar-refractivity contribution is 8.15. The molecule has 1 heterocycles. The van der Waals surface area contributed by atoms with Gasteiger partial charge in [0, 0.05) is 0 Å². The first-order valence-corrected chi connectivity index (χ1v) is 8.71. The molecule has 1 N–H and O–H groups in total. The molecular formula is C18H16FN3O3S. The third kappa shape index (κ3) is 4.82. The van der Waals surface area contributed by atoms with Crippen molar-refractivity contribution in [1.82, 2.24) is 5.32 Å². The molecule has 6 nitrogen and oxygen atoms in total. The molecule has 26 heavy (non-hydrogen) atoms. The van der Waals surface area contributed by atoms with Gasteiger partial charge in [-0.3, -0.25) is 4.79 Å². The van der Waals surface area contributed by atoms with Crippen LogP contribution in [0, 0.1) is 5.82 Å². The van der Waals surface area contributed by atoms with Gasteiger partial charge in [0.05, 0.1) is 19.1 Å². The van der Waals surface area contributed by atoms with Crippen LogP contribution in [0.15, 0.2) is 52.7 Å². The maximum atomic E-state index is 12.9. The lowest BCUT2D eigenvalue weighted by atomic mass is 10.2. The molecule has 1 fully saturated rings. The first-order chi connectivity index (χ1) is 12.6. The molecule has 0 spiro atoms. The Morgan fingerprint density at radius 2 is 2.04 bits per heavy atom. The summed E-state index contributed by atoms with van der Waals surface area (Å²) in [5, 5.41) is 11.0. The van der Waals surface area contributed by atoms with Crippen LogP contribution in [0.3, 0.4) is 0 Å². The minimum absolute atomic E-state index is 0.0757. The fourth-order valence-corrected chi connectivity index (χ4v) is 2.78. The van der Waals surface area contributed by atoms with Crippen molar-refractivity contribution in [3.05, 3.63) is 59.4 Å². The summed E-state index contributed by atoms with van der Waals surface area (Å²) in [6.45, 7) is 0.300. The smallest absolute Gasteiger partial charge is 0.236 e. The Hall–Kier alpha value is -2.87. The van der Waals surface area contributed by atoms with E-state index in [9.17, 15) is 9.18 Å². The number of nitrogens with zero attached hydrogens (tertiary/aromatic N) is 2. The van der Waals surface area contributed by atoms with Crippen LogP contribution < -0.4 is 14.8 Å². The topological polar surface area (TPSA) is 72.3 Å². The van der Waals surface area contributed by atoms with E-state index in [1.807, 2.05) is 6.07 Å². The third-order valence-corrected chi connectivity index (χ3v) is 4.30. The van der Waals surface area contributed by atoms with E-state index in [4.69, 9.17) is 9.47 Å². The number of amidine groups is 1. The number of ether oxygens (including phenoxy) is 2. The van der Waals surface area contributed by atoms with E-state index < -0.39 is 0 Å². The van der Waals surface area contributed by atoms with E-state index in [1.165, 1.54) is 23.9 Å². The summed E-state index contributed by atoms with van der Waals surface area (Å²) in [6.07, 6.45) is 1.56.